The van der Waals surface area contributed by atoms with Crippen molar-refractivity contribution in [2.24, 2.45) is 5.41 Å². The van der Waals surface area contributed by atoms with Gasteiger partial charge in [-0.3, -0.25) is 4.79 Å². The van der Waals surface area contributed by atoms with Gasteiger partial charge in [-0.2, -0.15) is 0 Å². The van der Waals surface area contributed by atoms with Gasteiger partial charge in [0.05, 0.1) is 19.8 Å². The largest absolute Gasteiger partial charge is 0.380 e. The van der Waals surface area contributed by atoms with Crippen LogP contribution in [-0.2, 0) is 9.53 Å². The Labute approximate surface area is 79.2 Å². The summed E-state index contributed by atoms with van der Waals surface area (Å²) >= 11 is 0. The molecule has 0 atom stereocenters. The molecule has 1 N–H and O–H groups in total. The number of ether oxygens (including phenoxy) is 1. The van der Waals surface area contributed by atoms with Gasteiger partial charge in [0, 0.05) is 12.0 Å². The maximum atomic E-state index is 11.2. The summed E-state index contributed by atoms with van der Waals surface area (Å²) in [6.07, 6.45) is 0. The van der Waals surface area contributed by atoms with E-state index in [0.717, 1.165) is 19.8 Å². The number of likely N-dealkylation sites (N-methyl/N-ethyl adjacent to an activating group) is 1. The minimum Gasteiger partial charge on any atom is -0.380 e. The Morgan fingerprint density at radius 1 is 1.54 bits per heavy atom. The summed E-state index contributed by atoms with van der Waals surface area (Å²) in [5.41, 5.74) is 0.169. The molecule has 0 bridgehead atoms. The third-order valence-corrected chi connectivity index (χ3v) is 2.07. The van der Waals surface area contributed by atoms with Crippen LogP contribution in [0.15, 0.2) is 0 Å². The normalized spacial score (nSPS) is 19.7. The van der Waals surface area contributed by atoms with Crippen molar-refractivity contribution >= 4 is 5.91 Å². The number of amides is 1. The lowest BCUT2D eigenvalue weighted by Gasteiger charge is -2.38. The van der Waals surface area contributed by atoms with Crippen molar-refractivity contribution in [2.45, 2.75) is 6.92 Å². The van der Waals surface area contributed by atoms with Gasteiger partial charge in [0.15, 0.2) is 0 Å². The molecule has 1 fully saturated rings. The summed E-state index contributed by atoms with van der Waals surface area (Å²) in [5, 5.41) is 2.90. The molecular weight excluding hydrogens is 168 g/mol. The van der Waals surface area contributed by atoms with Gasteiger partial charge < -0.3 is 15.0 Å². The van der Waals surface area contributed by atoms with Crippen LogP contribution >= 0.6 is 0 Å². The number of nitrogens with zero attached hydrogens (tertiary/aromatic N) is 1. The third kappa shape index (κ3) is 3.32. The Balaban J connectivity index is 2.14. The molecule has 0 aromatic carbocycles. The molecule has 0 aliphatic carbocycles. The van der Waals surface area contributed by atoms with Crippen LogP contribution in [0.25, 0.3) is 0 Å². The van der Waals surface area contributed by atoms with Gasteiger partial charge in [-0.05, 0) is 14.1 Å². The maximum Gasteiger partial charge on any atom is 0.234 e. The fourth-order valence-electron chi connectivity index (χ4n) is 1.21. The van der Waals surface area contributed by atoms with Crippen LogP contribution in [0.1, 0.15) is 6.92 Å². The molecule has 0 radical (unpaired) electrons. The van der Waals surface area contributed by atoms with Crippen molar-refractivity contribution in [2.75, 3.05) is 40.4 Å². The van der Waals surface area contributed by atoms with Crippen molar-refractivity contribution < 1.29 is 9.53 Å². The third-order valence-electron chi connectivity index (χ3n) is 2.07. The van der Waals surface area contributed by atoms with Crippen molar-refractivity contribution in [1.29, 1.82) is 0 Å². The number of rotatable bonds is 4. The lowest BCUT2D eigenvalue weighted by Crippen LogP contribution is -2.49. The number of nitrogens with one attached hydrogen (secondary N) is 1. The highest BCUT2D eigenvalue weighted by atomic mass is 16.5. The average Bonchev–Trinajstić information content (AvgIpc) is 1.96. The van der Waals surface area contributed by atoms with Crippen molar-refractivity contribution in [3.63, 3.8) is 0 Å². The van der Waals surface area contributed by atoms with E-state index >= 15 is 0 Å². The molecule has 1 amide bonds. The van der Waals surface area contributed by atoms with Crippen LogP contribution in [0.5, 0.6) is 0 Å². The minimum absolute atomic E-state index is 0.0816. The van der Waals surface area contributed by atoms with E-state index in [9.17, 15) is 4.79 Å². The van der Waals surface area contributed by atoms with Gasteiger partial charge in [0.2, 0.25) is 5.91 Å². The van der Waals surface area contributed by atoms with Crippen LogP contribution in [0.3, 0.4) is 0 Å². The summed E-state index contributed by atoms with van der Waals surface area (Å²) < 4.78 is 5.09. The van der Waals surface area contributed by atoms with E-state index in [-0.39, 0.29) is 11.3 Å². The van der Waals surface area contributed by atoms with E-state index < -0.39 is 0 Å². The van der Waals surface area contributed by atoms with E-state index in [1.54, 1.807) is 0 Å². The fraction of sp³-hybridized carbons (Fsp3) is 0.889. The standard InChI is InChI=1S/C9H18N2O2/c1-9(6-13-7-9)5-10-8(12)4-11(2)3/h4-7H2,1-3H3,(H,10,12). The van der Waals surface area contributed by atoms with Crippen molar-refractivity contribution in [3.8, 4) is 0 Å². The number of hydrogen-bond donors (Lipinski definition) is 1. The number of hydrogen-bond acceptors (Lipinski definition) is 3. The fourth-order valence-corrected chi connectivity index (χ4v) is 1.21. The average molecular weight is 186 g/mol. The first kappa shape index (κ1) is 10.5. The quantitative estimate of drug-likeness (QED) is 0.655. The predicted octanol–water partition coefficient (Wildman–Crippen LogP) is -0.299. The molecule has 1 aliphatic rings. The van der Waals surface area contributed by atoms with Crippen molar-refractivity contribution in [1.82, 2.24) is 10.2 Å². The van der Waals surface area contributed by atoms with E-state index in [2.05, 4.69) is 12.2 Å². The Bertz CT molecular complexity index is 188. The first-order valence-corrected chi connectivity index (χ1v) is 4.51. The van der Waals surface area contributed by atoms with Crippen LogP contribution in [0.4, 0.5) is 0 Å². The maximum absolute atomic E-state index is 11.2. The molecule has 0 unspecified atom stereocenters. The molecule has 4 heteroatoms. The van der Waals surface area contributed by atoms with Gasteiger partial charge in [-0.25, -0.2) is 0 Å². The molecule has 13 heavy (non-hydrogen) atoms. The highest BCUT2D eigenvalue weighted by Gasteiger charge is 2.33. The first-order valence-electron chi connectivity index (χ1n) is 4.51. The molecule has 4 nitrogen and oxygen atoms in total. The van der Waals surface area contributed by atoms with Crippen LogP contribution in [0, 0.1) is 5.41 Å². The second kappa shape index (κ2) is 4.07. The summed E-state index contributed by atoms with van der Waals surface area (Å²) in [4.78, 5) is 13.1. The van der Waals surface area contributed by atoms with E-state index in [0.29, 0.717) is 6.54 Å². The molecule has 1 heterocycles. The summed E-state index contributed by atoms with van der Waals surface area (Å²) in [6, 6.07) is 0. The molecule has 1 saturated heterocycles. The molecule has 0 aromatic rings. The molecule has 0 spiro atoms. The Hall–Kier alpha value is -0.610. The molecular formula is C9H18N2O2. The SMILES string of the molecule is CN(C)CC(=O)NCC1(C)COC1. The topological polar surface area (TPSA) is 41.6 Å². The van der Waals surface area contributed by atoms with Gasteiger partial charge in [0.25, 0.3) is 0 Å². The van der Waals surface area contributed by atoms with Crippen molar-refractivity contribution in [3.05, 3.63) is 0 Å². The van der Waals surface area contributed by atoms with Gasteiger partial charge in [0.1, 0.15) is 0 Å². The van der Waals surface area contributed by atoms with E-state index in [1.165, 1.54) is 0 Å². The van der Waals surface area contributed by atoms with E-state index in [1.807, 2.05) is 19.0 Å². The van der Waals surface area contributed by atoms with Crippen LogP contribution in [-0.4, -0.2) is 51.2 Å². The lowest BCUT2D eigenvalue weighted by molar-refractivity contribution is -0.127. The predicted molar refractivity (Wildman–Crippen MR) is 50.5 cm³/mol. The summed E-state index contributed by atoms with van der Waals surface area (Å²) in [5.74, 6) is 0.0816. The zero-order valence-electron chi connectivity index (χ0n) is 8.59. The van der Waals surface area contributed by atoms with Gasteiger partial charge in [-0.1, -0.05) is 6.92 Å². The second-order valence-electron chi connectivity index (χ2n) is 4.32. The smallest absolute Gasteiger partial charge is 0.234 e. The highest BCUT2D eigenvalue weighted by Crippen LogP contribution is 2.24. The lowest BCUT2D eigenvalue weighted by atomic mass is 9.89. The molecule has 1 rings (SSSR count). The first-order chi connectivity index (χ1) is 6.02. The summed E-state index contributed by atoms with van der Waals surface area (Å²) in [7, 11) is 3.77. The molecule has 76 valence electrons. The van der Waals surface area contributed by atoms with Gasteiger partial charge in [-0.15, -0.1) is 0 Å². The monoisotopic (exact) mass is 186 g/mol. The Kier molecular flexibility index (Phi) is 3.27. The molecule has 1 aliphatic heterocycles. The molecule has 0 aromatic heterocycles. The van der Waals surface area contributed by atoms with Gasteiger partial charge >= 0.3 is 0 Å². The van der Waals surface area contributed by atoms with Crippen LogP contribution in [0.2, 0.25) is 0 Å². The molecule has 0 saturated carbocycles. The Morgan fingerprint density at radius 3 is 2.54 bits per heavy atom. The number of carbonyl (C=O) groups excluding carboxylic acids is 1. The Morgan fingerprint density at radius 2 is 2.15 bits per heavy atom. The van der Waals surface area contributed by atoms with Crippen LogP contribution < -0.4 is 5.32 Å². The summed E-state index contributed by atoms with van der Waals surface area (Å²) in [6.45, 7) is 4.81. The number of carbonyl (C=O) groups is 1. The second-order valence-corrected chi connectivity index (χ2v) is 4.32. The zero-order chi connectivity index (χ0) is 9.90. The van der Waals surface area contributed by atoms with E-state index in [4.69, 9.17) is 4.74 Å². The minimum atomic E-state index is 0.0816. The zero-order valence-corrected chi connectivity index (χ0v) is 8.59. The highest BCUT2D eigenvalue weighted by molar-refractivity contribution is 5.77.